The van der Waals surface area contributed by atoms with Crippen molar-refractivity contribution in [2.24, 2.45) is 5.16 Å². The Bertz CT molecular complexity index is 776. The zero-order valence-electron chi connectivity index (χ0n) is 11.3. The zero-order valence-corrected chi connectivity index (χ0v) is 12.9. The lowest BCUT2D eigenvalue weighted by atomic mass is 9.97. The third-order valence-corrected chi connectivity index (χ3v) is 4.43. The summed E-state index contributed by atoms with van der Waals surface area (Å²) >= 11 is 5.78. The zero-order chi connectivity index (χ0) is 15.6. The van der Waals surface area contributed by atoms with Crippen LogP contribution < -0.4 is 0 Å². The van der Waals surface area contributed by atoms with Crippen molar-refractivity contribution in [1.29, 1.82) is 0 Å². The van der Waals surface area contributed by atoms with Gasteiger partial charge in [0.2, 0.25) is 0 Å². The van der Waals surface area contributed by atoms with Gasteiger partial charge in [-0.25, -0.2) is 0 Å². The molecule has 1 aromatic rings. The number of oxime groups is 1. The average molecular weight is 326 g/mol. The molecule has 0 unspecified atom stereocenters. The lowest BCUT2D eigenvalue weighted by Gasteiger charge is -2.12. The summed E-state index contributed by atoms with van der Waals surface area (Å²) in [4.78, 5) is 11.6. The first-order valence-electron chi connectivity index (χ1n) is 5.99. The molecule has 0 spiro atoms. The van der Waals surface area contributed by atoms with E-state index in [9.17, 15) is 13.2 Å². The van der Waals surface area contributed by atoms with Crippen LogP contribution >= 0.6 is 11.6 Å². The van der Waals surface area contributed by atoms with Crippen molar-refractivity contribution in [2.75, 3.05) is 0 Å². The van der Waals surface area contributed by atoms with E-state index in [0.717, 1.165) is 0 Å². The molecule has 0 aliphatic heterocycles. The number of carbonyl (C=O) groups is 1. The van der Waals surface area contributed by atoms with Crippen molar-refractivity contribution in [3.63, 3.8) is 0 Å². The maximum absolute atomic E-state index is 11.9. The second kappa shape index (κ2) is 5.83. The summed E-state index contributed by atoms with van der Waals surface area (Å²) in [6.07, 6.45) is 1.28. The molecule has 0 saturated carbocycles. The number of rotatable bonds is 3. The van der Waals surface area contributed by atoms with Crippen LogP contribution in [0.25, 0.3) is 0 Å². The quantitative estimate of drug-likeness (QED) is 0.632. The standard InChI is InChI=1S/C14H12ClNO4S/c1-9-10(2)14(17)12(15)8-13(9)16-20-21(18,19)11-6-4-3-5-7-11/h3-8H,1-2H3. The van der Waals surface area contributed by atoms with Gasteiger partial charge in [-0.2, -0.15) is 8.42 Å². The third-order valence-electron chi connectivity index (χ3n) is 3.03. The Hall–Kier alpha value is -1.92. The molecule has 0 saturated heterocycles. The molecule has 5 nitrogen and oxygen atoms in total. The largest absolute Gasteiger partial charge is 0.358 e. The van der Waals surface area contributed by atoms with Gasteiger partial charge in [-0.15, -0.1) is 0 Å². The Kier molecular flexibility index (Phi) is 4.29. The molecule has 0 heterocycles. The number of nitrogens with zero attached hydrogens (tertiary/aromatic N) is 1. The summed E-state index contributed by atoms with van der Waals surface area (Å²) < 4.78 is 28.6. The molecule has 1 aliphatic rings. The number of allylic oxidation sites excluding steroid dienone is 4. The highest BCUT2D eigenvalue weighted by molar-refractivity contribution is 7.86. The van der Waals surface area contributed by atoms with E-state index in [-0.39, 0.29) is 21.4 Å². The fourth-order valence-electron chi connectivity index (χ4n) is 1.65. The lowest BCUT2D eigenvalue weighted by molar-refractivity contribution is -0.111. The molecular formula is C14H12ClNO4S. The molecule has 0 aromatic heterocycles. The van der Waals surface area contributed by atoms with Gasteiger partial charge in [-0.05, 0) is 37.6 Å². The van der Waals surface area contributed by atoms with Crippen molar-refractivity contribution in [3.05, 3.63) is 52.6 Å². The predicted molar refractivity (Wildman–Crippen MR) is 79.5 cm³/mol. The minimum Gasteiger partial charge on any atom is -0.288 e. The van der Waals surface area contributed by atoms with Crippen LogP contribution in [0.2, 0.25) is 0 Å². The highest BCUT2D eigenvalue weighted by Gasteiger charge is 2.22. The van der Waals surface area contributed by atoms with E-state index in [2.05, 4.69) is 9.44 Å². The Morgan fingerprint density at radius 2 is 1.71 bits per heavy atom. The van der Waals surface area contributed by atoms with Crippen molar-refractivity contribution in [1.82, 2.24) is 0 Å². The van der Waals surface area contributed by atoms with Gasteiger partial charge in [0.25, 0.3) is 0 Å². The lowest BCUT2D eigenvalue weighted by Crippen LogP contribution is -2.15. The smallest absolute Gasteiger partial charge is 0.288 e. The Labute approximate surface area is 127 Å². The molecule has 0 amide bonds. The van der Waals surface area contributed by atoms with Crippen LogP contribution in [0.1, 0.15) is 13.8 Å². The molecular weight excluding hydrogens is 314 g/mol. The minimum absolute atomic E-state index is 0.00494. The van der Waals surface area contributed by atoms with Gasteiger partial charge in [0, 0.05) is 5.57 Å². The number of Topliss-reactive ketones (excluding diaryl/α,β-unsaturated/α-hetero) is 1. The van der Waals surface area contributed by atoms with E-state index in [0.29, 0.717) is 11.1 Å². The molecule has 1 aliphatic carbocycles. The number of ketones is 1. The van der Waals surface area contributed by atoms with Crippen LogP contribution in [0.5, 0.6) is 0 Å². The number of hydrogen-bond acceptors (Lipinski definition) is 5. The molecule has 21 heavy (non-hydrogen) atoms. The monoisotopic (exact) mass is 325 g/mol. The number of hydrogen-bond donors (Lipinski definition) is 0. The Morgan fingerprint density at radius 1 is 1.10 bits per heavy atom. The second-order valence-electron chi connectivity index (χ2n) is 4.39. The van der Waals surface area contributed by atoms with E-state index in [1.54, 1.807) is 32.0 Å². The number of benzene rings is 1. The van der Waals surface area contributed by atoms with E-state index in [1.165, 1.54) is 18.2 Å². The SMILES string of the molecule is CC1=C(C)C(=NOS(=O)(=O)c2ccccc2)C=C(Cl)C1=O. The fourth-order valence-corrected chi connectivity index (χ4v) is 2.65. The van der Waals surface area contributed by atoms with E-state index < -0.39 is 10.1 Å². The van der Waals surface area contributed by atoms with Crippen LogP contribution in [0.15, 0.2) is 62.6 Å². The first kappa shape index (κ1) is 15.5. The normalized spacial score (nSPS) is 18.0. The maximum atomic E-state index is 11.9. The minimum atomic E-state index is -4.00. The first-order chi connectivity index (χ1) is 9.83. The number of halogens is 1. The molecule has 0 fully saturated rings. The molecule has 0 N–H and O–H groups in total. The molecule has 1 aromatic carbocycles. The van der Waals surface area contributed by atoms with Crippen molar-refractivity contribution < 1.29 is 17.5 Å². The first-order valence-corrected chi connectivity index (χ1v) is 7.78. The average Bonchev–Trinajstić information content (AvgIpc) is 2.48. The third kappa shape index (κ3) is 3.22. The van der Waals surface area contributed by atoms with Gasteiger partial charge in [-0.3, -0.25) is 9.08 Å². The summed E-state index contributed by atoms with van der Waals surface area (Å²) in [7, 11) is -4.00. The van der Waals surface area contributed by atoms with Crippen LogP contribution in [0, 0.1) is 0 Å². The molecule has 110 valence electrons. The van der Waals surface area contributed by atoms with E-state index >= 15 is 0 Å². The topological polar surface area (TPSA) is 72.8 Å². The Morgan fingerprint density at radius 3 is 2.33 bits per heavy atom. The van der Waals surface area contributed by atoms with Crippen molar-refractivity contribution in [3.8, 4) is 0 Å². The van der Waals surface area contributed by atoms with Gasteiger partial charge >= 0.3 is 10.1 Å². The van der Waals surface area contributed by atoms with Gasteiger partial charge in [0.05, 0.1) is 5.03 Å². The summed E-state index contributed by atoms with van der Waals surface area (Å²) in [5.74, 6) is -0.306. The van der Waals surface area contributed by atoms with Crippen LogP contribution in [0.4, 0.5) is 0 Å². The highest BCUT2D eigenvalue weighted by Crippen LogP contribution is 2.22. The summed E-state index contributed by atoms with van der Waals surface area (Å²) in [5, 5.41) is 3.58. The summed E-state index contributed by atoms with van der Waals surface area (Å²) in [6.45, 7) is 3.23. The van der Waals surface area contributed by atoms with Crippen molar-refractivity contribution in [2.45, 2.75) is 18.7 Å². The molecule has 0 bridgehead atoms. The van der Waals surface area contributed by atoms with Gasteiger partial charge in [0.15, 0.2) is 5.78 Å². The van der Waals surface area contributed by atoms with E-state index in [4.69, 9.17) is 11.6 Å². The van der Waals surface area contributed by atoms with Crippen LogP contribution in [0.3, 0.4) is 0 Å². The molecule has 0 atom stereocenters. The number of carbonyl (C=O) groups excluding carboxylic acids is 1. The van der Waals surface area contributed by atoms with Gasteiger partial charge in [0.1, 0.15) is 10.6 Å². The van der Waals surface area contributed by atoms with Crippen LogP contribution in [-0.2, 0) is 19.2 Å². The Balaban J connectivity index is 2.32. The molecule has 0 radical (unpaired) electrons. The van der Waals surface area contributed by atoms with Crippen molar-refractivity contribution >= 4 is 33.2 Å². The maximum Gasteiger partial charge on any atom is 0.358 e. The highest BCUT2D eigenvalue weighted by atomic mass is 35.5. The van der Waals surface area contributed by atoms with Gasteiger partial charge < -0.3 is 0 Å². The summed E-state index contributed by atoms with van der Waals surface area (Å²) in [6, 6.07) is 7.65. The predicted octanol–water partition coefficient (Wildman–Crippen LogP) is 2.79. The summed E-state index contributed by atoms with van der Waals surface area (Å²) in [5.41, 5.74) is 1.13. The van der Waals surface area contributed by atoms with Gasteiger partial charge in [-0.1, -0.05) is 35.0 Å². The second-order valence-corrected chi connectivity index (χ2v) is 6.33. The molecule has 2 rings (SSSR count). The van der Waals surface area contributed by atoms with E-state index in [1.807, 2.05) is 0 Å². The molecule has 7 heteroatoms. The van der Waals surface area contributed by atoms with Crippen LogP contribution in [-0.4, -0.2) is 19.9 Å². The fraction of sp³-hybridized carbons (Fsp3) is 0.143.